The molecule has 0 bridgehead atoms. The van der Waals surface area contributed by atoms with Crippen molar-refractivity contribution in [2.45, 2.75) is 19.5 Å². The van der Waals surface area contributed by atoms with E-state index >= 15 is 0 Å². The van der Waals surface area contributed by atoms with Gasteiger partial charge in [-0.15, -0.1) is 0 Å². The number of anilines is 1. The Labute approximate surface area is 197 Å². The maximum Gasteiger partial charge on any atom is 0.254 e. The van der Waals surface area contributed by atoms with Crippen LogP contribution in [0.3, 0.4) is 0 Å². The average molecular weight is 505 g/mol. The van der Waals surface area contributed by atoms with E-state index in [1.807, 2.05) is 6.07 Å². The molecule has 0 saturated heterocycles. The predicted octanol–water partition coefficient (Wildman–Crippen LogP) is 4.78. The van der Waals surface area contributed by atoms with Crippen molar-refractivity contribution in [3.05, 3.63) is 93.7 Å². The number of pyridine rings is 3. The number of nitrogen functional groups attached to an aromatic ring is 1. The van der Waals surface area contributed by atoms with E-state index in [1.165, 1.54) is 29.4 Å². The maximum atomic E-state index is 14.5. The third-order valence-corrected chi connectivity index (χ3v) is 5.87. The SMILES string of the molecule is CC(c1ncccc1F)N(Cc1ccc(C#N)cn1)C(=O)c1ccc2nc(N)c(Br)cc2c1. The Balaban J connectivity index is 1.75. The molecule has 1 unspecified atom stereocenters. The number of fused-ring (bicyclic) bond motifs is 1. The third-order valence-electron chi connectivity index (χ3n) is 5.24. The molecule has 0 radical (unpaired) electrons. The molecule has 164 valence electrons. The number of nitriles is 1. The summed E-state index contributed by atoms with van der Waals surface area (Å²) < 4.78 is 15.1. The first-order valence-corrected chi connectivity index (χ1v) is 10.8. The van der Waals surface area contributed by atoms with Gasteiger partial charge < -0.3 is 10.6 Å². The van der Waals surface area contributed by atoms with Gasteiger partial charge in [-0.25, -0.2) is 9.37 Å². The molecule has 4 rings (SSSR count). The number of carbonyl (C=O) groups is 1. The molecule has 0 aliphatic rings. The summed E-state index contributed by atoms with van der Waals surface area (Å²) in [4.78, 5) is 27.9. The van der Waals surface area contributed by atoms with E-state index in [0.29, 0.717) is 32.6 Å². The smallest absolute Gasteiger partial charge is 0.254 e. The Hall–Kier alpha value is -3.90. The molecule has 1 atom stereocenters. The van der Waals surface area contributed by atoms with Crippen molar-refractivity contribution in [3.8, 4) is 6.07 Å². The largest absolute Gasteiger partial charge is 0.383 e. The van der Waals surface area contributed by atoms with Crippen LogP contribution in [0.5, 0.6) is 0 Å². The Morgan fingerprint density at radius 2 is 2.06 bits per heavy atom. The molecule has 9 heteroatoms. The van der Waals surface area contributed by atoms with Gasteiger partial charge >= 0.3 is 0 Å². The minimum Gasteiger partial charge on any atom is -0.383 e. The molecule has 0 aliphatic carbocycles. The van der Waals surface area contributed by atoms with Crippen LogP contribution >= 0.6 is 15.9 Å². The molecular formula is C24H18BrFN6O. The van der Waals surface area contributed by atoms with Gasteiger partial charge in [-0.1, -0.05) is 0 Å². The van der Waals surface area contributed by atoms with Gasteiger partial charge in [0.05, 0.1) is 39.5 Å². The van der Waals surface area contributed by atoms with E-state index in [4.69, 9.17) is 11.0 Å². The molecule has 2 N–H and O–H groups in total. The molecule has 1 amide bonds. The van der Waals surface area contributed by atoms with Crippen molar-refractivity contribution in [1.29, 1.82) is 5.26 Å². The fraction of sp³-hybridized carbons (Fsp3) is 0.125. The zero-order chi connectivity index (χ0) is 23.5. The van der Waals surface area contributed by atoms with Gasteiger partial charge in [-0.05, 0) is 71.4 Å². The summed E-state index contributed by atoms with van der Waals surface area (Å²) in [6.07, 6.45) is 2.93. The third kappa shape index (κ3) is 4.66. The number of hydrogen-bond donors (Lipinski definition) is 1. The lowest BCUT2D eigenvalue weighted by Crippen LogP contribution is -2.34. The number of rotatable bonds is 5. The molecule has 4 aromatic rings. The number of hydrogen-bond acceptors (Lipinski definition) is 6. The lowest BCUT2D eigenvalue weighted by Gasteiger charge is -2.29. The van der Waals surface area contributed by atoms with E-state index in [-0.39, 0.29) is 18.1 Å². The lowest BCUT2D eigenvalue weighted by molar-refractivity contribution is 0.0664. The zero-order valence-corrected chi connectivity index (χ0v) is 19.1. The first-order chi connectivity index (χ1) is 15.9. The van der Waals surface area contributed by atoms with Crippen LogP contribution in [0.25, 0.3) is 10.9 Å². The van der Waals surface area contributed by atoms with Crippen molar-refractivity contribution >= 4 is 38.6 Å². The minimum atomic E-state index is -0.678. The summed E-state index contributed by atoms with van der Waals surface area (Å²) in [5, 5.41) is 9.75. The minimum absolute atomic E-state index is 0.101. The molecule has 7 nitrogen and oxygen atoms in total. The van der Waals surface area contributed by atoms with Gasteiger partial charge in [0.25, 0.3) is 5.91 Å². The highest BCUT2D eigenvalue weighted by molar-refractivity contribution is 9.10. The molecule has 0 saturated carbocycles. The van der Waals surface area contributed by atoms with Crippen LogP contribution in [0.15, 0.2) is 65.4 Å². The number of aromatic nitrogens is 3. The van der Waals surface area contributed by atoms with Gasteiger partial charge in [0.2, 0.25) is 0 Å². The Kier molecular flexibility index (Phi) is 6.29. The maximum absolute atomic E-state index is 14.5. The fourth-order valence-electron chi connectivity index (χ4n) is 3.46. The predicted molar refractivity (Wildman–Crippen MR) is 125 cm³/mol. The second-order valence-corrected chi connectivity index (χ2v) is 8.25. The van der Waals surface area contributed by atoms with E-state index in [1.54, 1.807) is 43.3 Å². The van der Waals surface area contributed by atoms with E-state index in [2.05, 4.69) is 30.9 Å². The summed E-state index contributed by atoms with van der Waals surface area (Å²) in [6.45, 7) is 1.82. The highest BCUT2D eigenvalue weighted by Gasteiger charge is 2.26. The highest BCUT2D eigenvalue weighted by atomic mass is 79.9. The second-order valence-electron chi connectivity index (χ2n) is 7.39. The Morgan fingerprint density at radius 3 is 2.76 bits per heavy atom. The van der Waals surface area contributed by atoms with Crippen molar-refractivity contribution < 1.29 is 9.18 Å². The lowest BCUT2D eigenvalue weighted by atomic mass is 10.1. The second kappa shape index (κ2) is 9.30. The Morgan fingerprint density at radius 1 is 1.24 bits per heavy atom. The molecule has 1 aromatic carbocycles. The number of nitrogens with zero attached hydrogens (tertiary/aromatic N) is 5. The topological polar surface area (TPSA) is 109 Å². The van der Waals surface area contributed by atoms with Crippen LogP contribution in [0, 0.1) is 17.1 Å². The monoisotopic (exact) mass is 504 g/mol. The van der Waals surface area contributed by atoms with Crippen LogP contribution < -0.4 is 5.73 Å². The van der Waals surface area contributed by atoms with Crippen LogP contribution in [0.2, 0.25) is 0 Å². The zero-order valence-electron chi connectivity index (χ0n) is 17.5. The molecule has 3 heterocycles. The number of halogens is 2. The highest BCUT2D eigenvalue weighted by Crippen LogP contribution is 2.28. The van der Waals surface area contributed by atoms with Crippen molar-refractivity contribution in [3.63, 3.8) is 0 Å². The summed E-state index contributed by atoms with van der Waals surface area (Å²) in [5.74, 6) is -0.472. The summed E-state index contributed by atoms with van der Waals surface area (Å²) in [6, 6.07) is 14.3. The normalized spacial score (nSPS) is 11.7. The number of benzene rings is 1. The van der Waals surface area contributed by atoms with Crippen LogP contribution in [-0.2, 0) is 6.54 Å². The first kappa shape index (κ1) is 22.3. The molecule has 0 fully saturated rings. The first-order valence-electron chi connectivity index (χ1n) is 9.99. The quantitative estimate of drug-likeness (QED) is 0.418. The molecule has 0 spiro atoms. The number of amides is 1. The molecule has 33 heavy (non-hydrogen) atoms. The van der Waals surface area contributed by atoms with Crippen LogP contribution in [-0.4, -0.2) is 25.8 Å². The van der Waals surface area contributed by atoms with Crippen molar-refractivity contribution in [2.24, 2.45) is 0 Å². The Bertz CT molecular complexity index is 1390. The van der Waals surface area contributed by atoms with Gasteiger partial charge in [0, 0.05) is 23.3 Å². The van der Waals surface area contributed by atoms with Crippen molar-refractivity contribution in [2.75, 3.05) is 5.73 Å². The summed E-state index contributed by atoms with van der Waals surface area (Å²) in [5.41, 5.74) is 8.02. The van der Waals surface area contributed by atoms with Gasteiger partial charge in [0.1, 0.15) is 17.7 Å². The average Bonchev–Trinajstić information content (AvgIpc) is 2.83. The summed E-state index contributed by atoms with van der Waals surface area (Å²) in [7, 11) is 0. The molecule has 3 aromatic heterocycles. The van der Waals surface area contributed by atoms with Gasteiger partial charge in [-0.3, -0.25) is 14.8 Å². The standard InChI is InChI=1S/C24H18BrFN6O/c1-14(22-20(26)3-2-8-29-22)32(13-18-6-4-15(11-27)12-30-18)24(33)16-5-7-21-17(9-16)10-19(25)23(28)31-21/h2-10,12,14H,13H2,1H3,(H2,28,31). The van der Waals surface area contributed by atoms with E-state index < -0.39 is 11.9 Å². The fourth-order valence-corrected chi connectivity index (χ4v) is 3.80. The van der Waals surface area contributed by atoms with E-state index in [0.717, 1.165) is 5.39 Å². The molecule has 0 aliphatic heterocycles. The van der Waals surface area contributed by atoms with Crippen LogP contribution in [0.4, 0.5) is 10.2 Å². The molecular weight excluding hydrogens is 487 g/mol. The van der Waals surface area contributed by atoms with Crippen molar-refractivity contribution in [1.82, 2.24) is 19.9 Å². The number of carbonyl (C=O) groups excluding carboxylic acids is 1. The van der Waals surface area contributed by atoms with Gasteiger partial charge in [0.15, 0.2) is 0 Å². The summed E-state index contributed by atoms with van der Waals surface area (Å²) >= 11 is 3.36. The van der Waals surface area contributed by atoms with E-state index in [9.17, 15) is 9.18 Å². The number of nitrogens with two attached hydrogens (primary N) is 1. The van der Waals surface area contributed by atoms with Gasteiger partial charge in [-0.2, -0.15) is 5.26 Å². The van der Waals surface area contributed by atoms with Crippen LogP contribution in [0.1, 0.15) is 40.3 Å².